The van der Waals surface area contributed by atoms with E-state index in [9.17, 15) is 4.79 Å². The van der Waals surface area contributed by atoms with Gasteiger partial charge in [-0.3, -0.25) is 4.79 Å². The first-order chi connectivity index (χ1) is 8.26. The molecule has 0 atom stereocenters. The largest absolute Gasteiger partial charge is 0.328 e. The molecule has 0 spiro atoms. The molecule has 1 aromatic rings. The Morgan fingerprint density at radius 1 is 1.47 bits per heavy atom. The summed E-state index contributed by atoms with van der Waals surface area (Å²) in [6.07, 6.45) is 5.26. The third-order valence-electron chi connectivity index (χ3n) is 3.04. The van der Waals surface area contributed by atoms with E-state index in [0.29, 0.717) is 13.1 Å². The molecule has 2 rings (SSSR count). The summed E-state index contributed by atoms with van der Waals surface area (Å²) in [6.45, 7) is 4.68. The number of benzene rings is 1. The number of rotatable bonds is 3. The Kier molecular flexibility index (Phi) is 3.46. The summed E-state index contributed by atoms with van der Waals surface area (Å²) in [7, 11) is 0. The predicted molar refractivity (Wildman–Crippen MR) is 67.4 cm³/mol. The van der Waals surface area contributed by atoms with Crippen molar-refractivity contribution in [1.29, 1.82) is 0 Å². The van der Waals surface area contributed by atoms with Gasteiger partial charge >= 0.3 is 0 Å². The Hall–Kier alpha value is -1.79. The summed E-state index contributed by atoms with van der Waals surface area (Å²) in [6, 6.07) is 5.87. The molecule has 0 saturated carbocycles. The first-order valence-corrected chi connectivity index (χ1v) is 5.81. The Morgan fingerprint density at radius 2 is 2.24 bits per heavy atom. The fourth-order valence-corrected chi connectivity index (χ4v) is 2.05. The van der Waals surface area contributed by atoms with E-state index < -0.39 is 0 Å². The molecule has 3 nitrogen and oxygen atoms in total. The highest BCUT2D eigenvalue weighted by Gasteiger charge is 2.16. The summed E-state index contributed by atoms with van der Waals surface area (Å²) in [5.41, 5.74) is 3.22. The summed E-state index contributed by atoms with van der Waals surface area (Å²) >= 11 is 0. The van der Waals surface area contributed by atoms with Crippen molar-refractivity contribution in [2.24, 2.45) is 0 Å². The molecule has 1 heterocycles. The lowest BCUT2D eigenvalue weighted by molar-refractivity contribution is 0.0785. The molecule has 0 fully saturated rings. The van der Waals surface area contributed by atoms with Gasteiger partial charge in [0.25, 0.3) is 5.91 Å². The molecule has 1 aromatic carbocycles. The maximum Gasteiger partial charge on any atom is 0.254 e. The molecular formula is C14H16N2O. The molecule has 0 bridgehead atoms. The second-order valence-electron chi connectivity index (χ2n) is 4.11. The zero-order valence-corrected chi connectivity index (χ0v) is 9.99. The highest BCUT2D eigenvalue weighted by Crippen LogP contribution is 2.18. The van der Waals surface area contributed by atoms with Crippen molar-refractivity contribution in [3.63, 3.8) is 0 Å². The number of carbonyl (C=O) groups is 1. The Morgan fingerprint density at radius 3 is 2.94 bits per heavy atom. The zero-order chi connectivity index (χ0) is 12.3. The van der Waals surface area contributed by atoms with Crippen LogP contribution in [0.2, 0.25) is 0 Å². The number of nitrogens with zero attached hydrogens (tertiary/aromatic N) is 1. The van der Waals surface area contributed by atoms with Gasteiger partial charge in [0.05, 0.1) is 6.54 Å². The number of amides is 1. The number of terminal acetylenes is 1. The van der Waals surface area contributed by atoms with Crippen LogP contribution in [0.5, 0.6) is 0 Å². The minimum Gasteiger partial charge on any atom is -0.328 e. The number of hydrogen-bond donors (Lipinski definition) is 1. The molecule has 1 aliphatic heterocycles. The van der Waals surface area contributed by atoms with Crippen LogP contribution < -0.4 is 5.32 Å². The van der Waals surface area contributed by atoms with Crippen molar-refractivity contribution < 1.29 is 4.79 Å². The number of fused-ring (bicyclic) bond motifs is 1. The normalized spacial score (nSPS) is 12.9. The van der Waals surface area contributed by atoms with E-state index in [4.69, 9.17) is 6.42 Å². The van der Waals surface area contributed by atoms with Crippen LogP contribution in [0.3, 0.4) is 0 Å². The smallest absolute Gasteiger partial charge is 0.254 e. The molecule has 88 valence electrons. The molecule has 17 heavy (non-hydrogen) atoms. The molecule has 0 aromatic heterocycles. The van der Waals surface area contributed by atoms with Gasteiger partial charge in [-0.05, 0) is 30.2 Å². The molecule has 0 saturated heterocycles. The van der Waals surface area contributed by atoms with E-state index in [1.54, 1.807) is 4.90 Å². The van der Waals surface area contributed by atoms with Crippen LogP contribution in [0.1, 0.15) is 28.4 Å². The monoisotopic (exact) mass is 228 g/mol. The van der Waals surface area contributed by atoms with Crippen molar-refractivity contribution in [2.75, 3.05) is 13.1 Å². The fourth-order valence-electron chi connectivity index (χ4n) is 2.05. The number of hydrogen-bond acceptors (Lipinski definition) is 2. The summed E-state index contributed by atoms with van der Waals surface area (Å²) < 4.78 is 0. The average molecular weight is 228 g/mol. The summed E-state index contributed by atoms with van der Waals surface area (Å²) in [4.78, 5) is 13.8. The van der Waals surface area contributed by atoms with Crippen LogP contribution in [0, 0.1) is 12.3 Å². The van der Waals surface area contributed by atoms with Crippen LogP contribution in [-0.4, -0.2) is 23.9 Å². The first-order valence-electron chi connectivity index (χ1n) is 5.81. The van der Waals surface area contributed by atoms with E-state index in [1.807, 2.05) is 25.1 Å². The van der Waals surface area contributed by atoms with Gasteiger partial charge in [0.15, 0.2) is 0 Å². The molecule has 0 unspecified atom stereocenters. The SMILES string of the molecule is C#CCN(CC)C(=O)c1ccc2c(c1)CNC2. The predicted octanol–water partition coefficient (Wildman–Crippen LogP) is 1.39. The van der Waals surface area contributed by atoms with Gasteiger partial charge in [0.2, 0.25) is 0 Å². The minimum atomic E-state index is 0.0140. The van der Waals surface area contributed by atoms with Crippen molar-refractivity contribution in [1.82, 2.24) is 10.2 Å². The van der Waals surface area contributed by atoms with Crippen LogP contribution in [0.25, 0.3) is 0 Å². The third-order valence-corrected chi connectivity index (χ3v) is 3.04. The van der Waals surface area contributed by atoms with Crippen LogP contribution in [0.4, 0.5) is 0 Å². The highest BCUT2D eigenvalue weighted by atomic mass is 16.2. The lowest BCUT2D eigenvalue weighted by Crippen LogP contribution is -2.31. The summed E-state index contributed by atoms with van der Waals surface area (Å²) in [5, 5.41) is 3.26. The Labute approximate surface area is 102 Å². The second kappa shape index (κ2) is 5.03. The van der Waals surface area contributed by atoms with Crippen molar-refractivity contribution in [3.8, 4) is 12.3 Å². The quantitative estimate of drug-likeness (QED) is 0.793. The van der Waals surface area contributed by atoms with Gasteiger partial charge in [-0.15, -0.1) is 6.42 Å². The van der Waals surface area contributed by atoms with Crippen LogP contribution in [-0.2, 0) is 13.1 Å². The lowest BCUT2D eigenvalue weighted by atomic mass is 10.1. The van der Waals surface area contributed by atoms with E-state index in [-0.39, 0.29) is 5.91 Å². The van der Waals surface area contributed by atoms with Gasteiger partial charge in [-0.1, -0.05) is 12.0 Å². The van der Waals surface area contributed by atoms with Gasteiger partial charge in [0, 0.05) is 25.2 Å². The van der Waals surface area contributed by atoms with E-state index in [0.717, 1.165) is 18.7 Å². The third kappa shape index (κ3) is 2.32. The van der Waals surface area contributed by atoms with Crippen LogP contribution in [0.15, 0.2) is 18.2 Å². The van der Waals surface area contributed by atoms with Gasteiger partial charge < -0.3 is 10.2 Å². The average Bonchev–Trinajstić information content (AvgIpc) is 2.82. The lowest BCUT2D eigenvalue weighted by Gasteiger charge is -2.18. The molecule has 0 radical (unpaired) electrons. The van der Waals surface area contributed by atoms with Crippen LogP contribution >= 0.6 is 0 Å². The summed E-state index contributed by atoms with van der Waals surface area (Å²) in [5.74, 6) is 2.53. The molecule has 0 aliphatic carbocycles. The maximum atomic E-state index is 12.2. The van der Waals surface area contributed by atoms with Crippen molar-refractivity contribution >= 4 is 5.91 Å². The Balaban J connectivity index is 2.22. The molecule has 3 heteroatoms. The fraction of sp³-hybridized carbons (Fsp3) is 0.357. The number of carbonyl (C=O) groups excluding carboxylic acids is 1. The van der Waals surface area contributed by atoms with Gasteiger partial charge in [-0.2, -0.15) is 0 Å². The van der Waals surface area contributed by atoms with Gasteiger partial charge in [-0.25, -0.2) is 0 Å². The zero-order valence-electron chi connectivity index (χ0n) is 9.99. The van der Waals surface area contributed by atoms with Gasteiger partial charge in [0.1, 0.15) is 0 Å². The van der Waals surface area contributed by atoms with E-state index >= 15 is 0 Å². The van der Waals surface area contributed by atoms with E-state index in [1.165, 1.54) is 11.1 Å². The molecular weight excluding hydrogens is 212 g/mol. The highest BCUT2D eigenvalue weighted by molar-refractivity contribution is 5.94. The van der Waals surface area contributed by atoms with Crippen molar-refractivity contribution in [3.05, 3.63) is 34.9 Å². The molecule has 1 aliphatic rings. The Bertz CT molecular complexity index is 474. The number of nitrogens with one attached hydrogen (secondary N) is 1. The second-order valence-corrected chi connectivity index (χ2v) is 4.11. The van der Waals surface area contributed by atoms with E-state index in [2.05, 4.69) is 11.2 Å². The maximum absolute atomic E-state index is 12.2. The molecule has 1 amide bonds. The first kappa shape index (κ1) is 11.7. The molecule has 1 N–H and O–H groups in total. The minimum absolute atomic E-state index is 0.0140. The standard InChI is InChI=1S/C14H16N2O/c1-3-7-16(4-2)14(17)11-5-6-12-9-15-10-13(12)8-11/h1,5-6,8,15H,4,7,9-10H2,2H3. The van der Waals surface area contributed by atoms with Crippen molar-refractivity contribution in [2.45, 2.75) is 20.0 Å². The topological polar surface area (TPSA) is 32.3 Å².